The zero-order valence-electron chi connectivity index (χ0n) is 20.0. The molecule has 1 amide bonds. The summed E-state index contributed by atoms with van der Waals surface area (Å²) in [4.78, 5) is 14.7. The monoisotopic (exact) mass is 499 g/mol. The fraction of sp³-hybridized carbons (Fsp3) is 0.143. The van der Waals surface area contributed by atoms with E-state index in [2.05, 4.69) is 16.3 Å². The average molecular weight is 500 g/mol. The summed E-state index contributed by atoms with van der Waals surface area (Å²) >= 11 is 0. The van der Waals surface area contributed by atoms with Crippen molar-refractivity contribution in [2.45, 2.75) is 19.6 Å². The third-order valence-electron chi connectivity index (χ3n) is 5.70. The third-order valence-corrected chi connectivity index (χ3v) is 5.70. The second kappa shape index (κ2) is 11.7. The van der Waals surface area contributed by atoms with Crippen LogP contribution in [-0.4, -0.2) is 32.7 Å². The van der Waals surface area contributed by atoms with Gasteiger partial charge in [-0.1, -0.05) is 36.4 Å². The maximum absolute atomic E-state index is 14.5. The molecule has 0 fully saturated rings. The zero-order chi connectivity index (χ0) is 26.2. The molecule has 0 unspecified atom stereocenters. The van der Waals surface area contributed by atoms with Crippen molar-refractivity contribution in [2.75, 3.05) is 7.11 Å². The van der Waals surface area contributed by atoms with Crippen LogP contribution in [0.1, 0.15) is 28.1 Å². The van der Waals surface area contributed by atoms with Crippen molar-refractivity contribution in [1.29, 1.82) is 5.26 Å². The van der Waals surface area contributed by atoms with Crippen molar-refractivity contribution in [3.63, 3.8) is 0 Å². The molecule has 0 spiro atoms. The predicted octanol–water partition coefficient (Wildman–Crippen LogP) is 4.73. The van der Waals surface area contributed by atoms with Crippen LogP contribution in [0.3, 0.4) is 0 Å². The fourth-order valence-corrected chi connectivity index (χ4v) is 3.72. The Morgan fingerprint density at radius 3 is 2.62 bits per heavy atom. The van der Waals surface area contributed by atoms with Gasteiger partial charge in [-0.2, -0.15) is 5.26 Å². The highest BCUT2D eigenvalue weighted by Gasteiger charge is 2.18. The molecule has 4 aromatic rings. The quantitative estimate of drug-likeness (QED) is 0.311. The first-order valence-corrected chi connectivity index (χ1v) is 11.4. The molecule has 0 saturated heterocycles. The molecule has 37 heavy (non-hydrogen) atoms. The number of rotatable bonds is 9. The van der Waals surface area contributed by atoms with E-state index in [0.717, 1.165) is 17.7 Å². The molecule has 0 aliphatic rings. The van der Waals surface area contributed by atoms with Crippen LogP contribution in [0.5, 0.6) is 5.75 Å². The van der Waals surface area contributed by atoms with E-state index < -0.39 is 17.5 Å². The Labute approximate surface area is 212 Å². The van der Waals surface area contributed by atoms with Crippen LogP contribution in [-0.2, 0) is 24.4 Å². The lowest BCUT2D eigenvalue weighted by Gasteiger charge is -2.22. The second-order valence-electron chi connectivity index (χ2n) is 8.19. The lowest BCUT2D eigenvalue weighted by atomic mass is 10.1. The first-order valence-electron chi connectivity index (χ1n) is 11.4. The molecule has 0 N–H and O–H groups in total. The van der Waals surface area contributed by atoms with Gasteiger partial charge in [0.1, 0.15) is 23.7 Å². The summed E-state index contributed by atoms with van der Waals surface area (Å²) in [6.07, 6.45) is 4.54. The average Bonchev–Trinajstić information content (AvgIpc) is 3.35. The molecule has 4 rings (SSSR count). The van der Waals surface area contributed by atoms with Gasteiger partial charge in [-0.15, -0.1) is 10.2 Å². The SMILES string of the molecule is COc1ccccc1/C=C/C(=O)N(Cc1ccc(F)cc1F)Cc1nncn1Cc1ccc(C#N)cc1. The van der Waals surface area contributed by atoms with E-state index in [1.807, 2.05) is 24.3 Å². The maximum atomic E-state index is 14.5. The number of nitrogens with zero attached hydrogens (tertiary/aromatic N) is 5. The minimum atomic E-state index is -0.745. The van der Waals surface area contributed by atoms with Crippen molar-refractivity contribution in [3.8, 4) is 11.8 Å². The molecule has 186 valence electrons. The summed E-state index contributed by atoms with van der Waals surface area (Å²) in [5.41, 5.74) is 2.33. The van der Waals surface area contributed by atoms with Gasteiger partial charge in [0, 0.05) is 29.8 Å². The Morgan fingerprint density at radius 1 is 1.11 bits per heavy atom. The van der Waals surface area contributed by atoms with Gasteiger partial charge in [0.05, 0.1) is 31.8 Å². The fourth-order valence-electron chi connectivity index (χ4n) is 3.72. The van der Waals surface area contributed by atoms with E-state index in [1.54, 1.807) is 48.3 Å². The van der Waals surface area contributed by atoms with E-state index in [-0.39, 0.29) is 18.7 Å². The number of nitriles is 1. The summed E-state index contributed by atoms with van der Waals surface area (Å²) in [7, 11) is 1.54. The van der Waals surface area contributed by atoms with Crippen molar-refractivity contribution < 1.29 is 18.3 Å². The van der Waals surface area contributed by atoms with Gasteiger partial charge >= 0.3 is 0 Å². The number of hydrogen-bond acceptors (Lipinski definition) is 5. The molecule has 7 nitrogen and oxygen atoms in total. The number of amides is 1. The molecule has 0 atom stereocenters. The van der Waals surface area contributed by atoms with Crippen LogP contribution < -0.4 is 4.74 Å². The van der Waals surface area contributed by atoms with Crippen molar-refractivity contribution in [1.82, 2.24) is 19.7 Å². The van der Waals surface area contributed by atoms with Crippen LogP contribution in [0.25, 0.3) is 6.08 Å². The Bertz CT molecular complexity index is 1460. The van der Waals surface area contributed by atoms with Crippen molar-refractivity contribution >= 4 is 12.0 Å². The summed E-state index contributed by atoms with van der Waals surface area (Å²) < 4.78 is 35.0. The van der Waals surface area contributed by atoms with Gasteiger partial charge in [0.15, 0.2) is 5.82 Å². The van der Waals surface area contributed by atoms with Crippen molar-refractivity contribution in [2.24, 2.45) is 0 Å². The van der Waals surface area contributed by atoms with E-state index in [0.29, 0.717) is 29.2 Å². The molecular weight excluding hydrogens is 476 g/mol. The number of carbonyl (C=O) groups excluding carboxylic acids is 1. The highest BCUT2D eigenvalue weighted by Crippen LogP contribution is 2.20. The van der Waals surface area contributed by atoms with Gasteiger partial charge in [0.25, 0.3) is 0 Å². The Balaban J connectivity index is 1.59. The van der Waals surface area contributed by atoms with E-state index in [9.17, 15) is 13.6 Å². The number of halogens is 2. The molecule has 0 radical (unpaired) electrons. The Hall–Kier alpha value is -4.84. The van der Waals surface area contributed by atoms with Gasteiger partial charge < -0.3 is 14.2 Å². The van der Waals surface area contributed by atoms with E-state index >= 15 is 0 Å². The second-order valence-corrected chi connectivity index (χ2v) is 8.19. The molecule has 0 aliphatic heterocycles. The molecule has 9 heteroatoms. The summed E-state index contributed by atoms with van der Waals surface area (Å²) in [6.45, 7) is 0.338. The van der Waals surface area contributed by atoms with Gasteiger partial charge in [0.2, 0.25) is 5.91 Å². The molecule has 1 aromatic heterocycles. The molecule has 3 aromatic carbocycles. The smallest absolute Gasteiger partial charge is 0.247 e. The van der Waals surface area contributed by atoms with Crippen LogP contribution in [0.15, 0.2) is 79.1 Å². The molecule has 0 saturated carbocycles. The minimum absolute atomic E-state index is 0.0300. The number of ether oxygens (including phenoxy) is 1. The topological polar surface area (TPSA) is 84.0 Å². The summed E-state index contributed by atoms with van der Waals surface area (Å²) in [5.74, 6) is -0.763. The van der Waals surface area contributed by atoms with Gasteiger partial charge in [-0.3, -0.25) is 4.79 Å². The van der Waals surface area contributed by atoms with Crippen molar-refractivity contribution in [3.05, 3.63) is 119 Å². The Morgan fingerprint density at radius 2 is 1.89 bits per heavy atom. The minimum Gasteiger partial charge on any atom is -0.496 e. The number of carbonyl (C=O) groups is 1. The largest absolute Gasteiger partial charge is 0.496 e. The van der Waals surface area contributed by atoms with Gasteiger partial charge in [-0.05, 0) is 35.9 Å². The van der Waals surface area contributed by atoms with E-state index in [1.165, 1.54) is 17.0 Å². The zero-order valence-corrected chi connectivity index (χ0v) is 20.0. The predicted molar refractivity (Wildman–Crippen MR) is 133 cm³/mol. The van der Waals surface area contributed by atoms with Gasteiger partial charge in [-0.25, -0.2) is 8.78 Å². The molecular formula is C28H23F2N5O2. The normalized spacial score (nSPS) is 10.9. The third kappa shape index (κ3) is 6.44. The van der Waals surface area contributed by atoms with Crippen LogP contribution >= 0.6 is 0 Å². The lowest BCUT2D eigenvalue weighted by Crippen LogP contribution is -2.30. The summed E-state index contributed by atoms with van der Waals surface area (Å²) in [6, 6.07) is 19.7. The summed E-state index contributed by atoms with van der Waals surface area (Å²) in [5, 5.41) is 17.2. The van der Waals surface area contributed by atoms with Crippen LogP contribution in [0, 0.1) is 23.0 Å². The molecule has 0 aliphatic carbocycles. The Kier molecular flexibility index (Phi) is 8.01. The standard InChI is InChI=1S/C28H23F2N5O2/c1-37-26-5-3-2-4-22(26)11-13-28(36)34(17-23-10-12-24(29)14-25(23)30)18-27-33-32-19-35(27)16-21-8-6-20(15-31)7-9-21/h2-14,19H,16-18H2,1H3/b13-11+. The number of benzene rings is 3. The number of hydrogen-bond donors (Lipinski definition) is 0. The molecule has 0 bridgehead atoms. The lowest BCUT2D eigenvalue weighted by molar-refractivity contribution is -0.127. The number of aromatic nitrogens is 3. The number of methoxy groups -OCH3 is 1. The number of para-hydroxylation sites is 1. The first-order chi connectivity index (χ1) is 18.0. The van der Waals surface area contributed by atoms with Crippen LogP contribution in [0.4, 0.5) is 8.78 Å². The highest BCUT2D eigenvalue weighted by molar-refractivity contribution is 5.92. The van der Waals surface area contributed by atoms with Crippen LogP contribution in [0.2, 0.25) is 0 Å². The molecule has 1 heterocycles. The highest BCUT2D eigenvalue weighted by atomic mass is 19.1. The maximum Gasteiger partial charge on any atom is 0.247 e. The van der Waals surface area contributed by atoms with E-state index in [4.69, 9.17) is 10.00 Å². The first kappa shape index (κ1) is 25.3.